The van der Waals surface area contributed by atoms with Crippen molar-refractivity contribution in [2.45, 2.75) is 46.4 Å². The predicted octanol–water partition coefficient (Wildman–Crippen LogP) is 3.59. The van der Waals surface area contributed by atoms with Crippen molar-refractivity contribution in [3.05, 3.63) is 47.7 Å². The molecule has 1 amide bonds. The summed E-state index contributed by atoms with van der Waals surface area (Å²) in [6, 6.07) is 8.82. The van der Waals surface area contributed by atoms with E-state index in [2.05, 4.69) is 10.3 Å². The van der Waals surface area contributed by atoms with E-state index in [1.165, 1.54) is 0 Å². The minimum absolute atomic E-state index is 0.0112. The number of nitrogens with zero attached hydrogens (tertiary/aromatic N) is 1. The van der Waals surface area contributed by atoms with Crippen LogP contribution in [0.5, 0.6) is 17.4 Å². The third-order valence-corrected chi connectivity index (χ3v) is 3.43. The van der Waals surface area contributed by atoms with Crippen LogP contribution in [0.3, 0.4) is 0 Å². The highest BCUT2D eigenvalue weighted by Gasteiger charge is 2.13. The average molecular weight is 358 g/mol. The topological polar surface area (TPSA) is 69.7 Å². The number of rotatable bonds is 8. The van der Waals surface area contributed by atoms with Gasteiger partial charge in [-0.05, 0) is 52.0 Å². The van der Waals surface area contributed by atoms with Crippen molar-refractivity contribution in [1.29, 1.82) is 0 Å². The van der Waals surface area contributed by atoms with Gasteiger partial charge >= 0.3 is 0 Å². The maximum Gasteiger partial charge on any atom is 0.251 e. The summed E-state index contributed by atoms with van der Waals surface area (Å²) in [7, 11) is 1.55. The zero-order chi connectivity index (χ0) is 19.1. The molecule has 2 rings (SSSR count). The summed E-state index contributed by atoms with van der Waals surface area (Å²) in [5, 5.41) is 2.89. The normalized spacial score (nSPS) is 10.7. The van der Waals surface area contributed by atoms with Gasteiger partial charge in [0.25, 0.3) is 5.91 Å². The SMILES string of the molecule is COc1cc(C(=O)NCc2cccnc2OC(C)C)ccc1OC(C)C. The Morgan fingerprint density at radius 2 is 1.81 bits per heavy atom. The maximum absolute atomic E-state index is 12.5. The number of ether oxygens (including phenoxy) is 3. The number of carbonyl (C=O) groups is 1. The zero-order valence-electron chi connectivity index (χ0n) is 15.9. The first-order chi connectivity index (χ1) is 12.4. The van der Waals surface area contributed by atoms with Gasteiger partial charge in [-0.25, -0.2) is 4.98 Å². The Bertz CT molecular complexity index is 744. The van der Waals surface area contributed by atoms with Crippen LogP contribution in [-0.2, 0) is 6.54 Å². The van der Waals surface area contributed by atoms with Gasteiger partial charge in [-0.3, -0.25) is 4.79 Å². The highest BCUT2D eigenvalue weighted by Crippen LogP contribution is 2.29. The van der Waals surface area contributed by atoms with Crippen LogP contribution in [0, 0.1) is 0 Å². The molecule has 1 heterocycles. The van der Waals surface area contributed by atoms with E-state index >= 15 is 0 Å². The monoisotopic (exact) mass is 358 g/mol. The largest absolute Gasteiger partial charge is 0.493 e. The summed E-state index contributed by atoms with van der Waals surface area (Å²) in [5.41, 5.74) is 1.31. The zero-order valence-corrected chi connectivity index (χ0v) is 15.9. The summed E-state index contributed by atoms with van der Waals surface area (Å²) < 4.78 is 16.7. The molecule has 26 heavy (non-hydrogen) atoms. The van der Waals surface area contributed by atoms with E-state index in [4.69, 9.17) is 14.2 Å². The van der Waals surface area contributed by atoms with Gasteiger partial charge in [-0.1, -0.05) is 6.07 Å². The fraction of sp³-hybridized carbons (Fsp3) is 0.400. The second-order valence-corrected chi connectivity index (χ2v) is 6.35. The van der Waals surface area contributed by atoms with E-state index in [0.717, 1.165) is 5.56 Å². The molecule has 1 aromatic carbocycles. The third kappa shape index (κ3) is 5.37. The van der Waals surface area contributed by atoms with Crippen molar-refractivity contribution in [3.63, 3.8) is 0 Å². The molecule has 0 aliphatic heterocycles. The third-order valence-electron chi connectivity index (χ3n) is 3.43. The minimum atomic E-state index is -0.209. The number of methoxy groups -OCH3 is 1. The van der Waals surface area contributed by atoms with E-state index in [1.807, 2.05) is 39.8 Å². The standard InChI is InChI=1S/C20H26N2O4/c1-13(2)25-17-9-8-15(11-18(17)24-5)19(23)22-12-16-7-6-10-21-20(16)26-14(3)4/h6-11,13-14H,12H2,1-5H3,(H,22,23). The van der Waals surface area contributed by atoms with Crippen LogP contribution in [-0.4, -0.2) is 30.2 Å². The van der Waals surface area contributed by atoms with Crippen molar-refractivity contribution in [3.8, 4) is 17.4 Å². The van der Waals surface area contributed by atoms with Crippen LogP contribution in [0.15, 0.2) is 36.5 Å². The Morgan fingerprint density at radius 1 is 1.08 bits per heavy atom. The number of carbonyl (C=O) groups excluding carboxylic acids is 1. The van der Waals surface area contributed by atoms with Crippen LogP contribution < -0.4 is 19.5 Å². The summed E-state index contributed by atoms with van der Waals surface area (Å²) >= 11 is 0. The molecular weight excluding hydrogens is 332 g/mol. The van der Waals surface area contributed by atoms with E-state index < -0.39 is 0 Å². The number of nitrogens with one attached hydrogen (secondary N) is 1. The number of amides is 1. The number of benzene rings is 1. The molecule has 0 saturated carbocycles. The lowest BCUT2D eigenvalue weighted by Gasteiger charge is -2.15. The van der Waals surface area contributed by atoms with Gasteiger partial charge in [-0.2, -0.15) is 0 Å². The molecule has 0 aliphatic carbocycles. The van der Waals surface area contributed by atoms with E-state index in [-0.39, 0.29) is 18.1 Å². The van der Waals surface area contributed by atoms with Crippen molar-refractivity contribution in [2.75, 3.05) is 7.11 Å². The van der Waals surface area contributed by atoms with Crippen molar-refractivity contribution in [1.82, 2.24) is 10.3 Å². The molecule has 6 heteroatoms. The van der Waals surface area contributed by atoms with Gasteiger partial charge < -0.3 is 19.5 Å². The summed E-state index contributed by atoms with van der Waals surface area (Å²) in [5.74, 6) is 1.45. The second kappa shape index (κ2) is 9.08. The van der Waals surface area contributed by atoms with Gasteiger partial charge in [0.2, 0.25) is 5.88 Å². The molecular formula is C20H26N2O4. The number of pyridine rings is 1. The fourth-order valence-electron chi connectivity index (χ4n) is 2.33. The highest BCUT2D eigenvalue weighted by atomic mass is 16.5. The molecule has 0 atom stereocenters. The molecule has 0 fully saturated rings. The number of hydrogen-bond donors (Lipinski definition) is 1. The van der Waals surface area contributed by atoms with Gasteiger partial charge in [-0.15, -0.1) is 0 Å². The predicted molar refractivity (Wildman–Crippen MR) is 99.9 cm³/mol. The first kappa shape index (κ1) is 19.6. The molecule has 140 valence electrons. The van der Waals surface area contributed by atoms with Crippen molar-refractivity contribution in [2.24, 2.45) is 0 Å². The lowest BCUT2D eigenvalue weighted by molar-refractivity contribution is 0.0950. The first-order valence-electron chi connectivity index (χ1n) is 8.64. The quantitative estimate of drug-likeness (QED) is 0.781. The van der Waals surface area contributed by atoms with Crippen LogP contribution >= 0.6 is 0 Å². The van der Waals surface area contributed by atoms with E-state index in [1.54, 1.807) is 31.5 Å². The maximum atomic E-state index is 12.5. The van der Waals surface area contributed by atoms with Crippen LogP contribution in [0.2, 0.25) is 0 Å². The van der Waals surface area contributed by atoms with E-state index in [9.17, 15) is 4.79 Å². The molecule has 0 aliphatic rings. The van der Waals surface area contributed by atoms with Gasteiger partial charge in [0.15, 0.2) is 11.5 Å². The van der Waals surface area contributed by atoms with E-state index in [0.29, 0.717) is 29.5 Å². The Labute approximate surface area is 154 Å². The molecule has 0 saturated heterocycles. The second-order valence-electron chi connectivity index (χ2n) is 6.35. The molecule has 0 unspecified atom stereocenters. The van der Waals surface area contributed by atoms with Gasteiger partial charge in [0.1, 0.15) is 0 Å². The average Bonchev–Trinajstić information content (AvgIpc) is 2.60. The molecule has 1 N–H and O–H groups in total. The first-order valence-corrected chi connectivity index (χ1v) is 8.64. The van der Waals surface area contributed by atoms with Crippen LogP contribution in [0.25, 0.3) is 0 Å². The molecule has 2 aromatic rings. The molecule has 0 radical (unpaired) electrons. The molecule has 6 nitrogen and oxygen atoms in total. The summed E-state index contributed by atoms with van der Waals surface area (Å²) in [4.78, 5) is 16.7. The van der Waals surface area contributed by atoms with Crippen molar-refractivity contribution >= 4 is 5.91 Å². The smallest absolute Gasteiger partial charge is 0.251 e. The fourth-order valence-corrected chi connectivity index (χ4v) is 2.33. The molecule has 0 bridgehead atoms. The lowest BCUT2D eigenvalue weighted by Crippen LogP contribution is -2.23. The van der Waals surface area contributed by atoms with Gasteiger partial charge in [0.05, 0.1) is 19.3 Å². The number of aromatic nitrogens is 1. The highest BCUT2D eigenvalue weighted by molar-refractivity contribution is 5.94. The van der Waals surface area contributed by atoms with Crippen LogP contribution in [0.1, 0.15) is 43.6 Å². The number of hydrogen-bond acceptors (Lipinski definition) is 5. The van der Waals surface area contributed by atoms with Crippen LogP contribution in [0.4, 0.5) is 0 Å². The Hall–Kier alpha value is -2.76. The lowest BCUT2D eigenvalue weighted by atomic mass is 10.1. The Morgan fingerprint density at radius 3 is 2.46 bits per heavy atom. The Kier molecular flexibility index (Phi) is 6.83. The Balaban J connectivity index is 2.09. The molecule has 1 aromatic heterocycles. The van der Waals surface area contributed by atoms with Crippen molar-refractivity contribution < 1.29 is 19.0 Å². The summed E-state index contributed by atoms with van der Waals surface area (Å²) in [6.07, 6.45) is 1.70. The molecule has 0 spiro atoms. The van der Waals surface area contributed by atoms with Gasteiger partial charge in [0, 0.05) is 23.9 Å². The minimum Gasteiger partial charge on any atom is -0.493 e. The summed E-state index contributed by atoms with van der Waals surface area (Å²) in [6.45, 7) is 8.06.